The number of benzene rings is 2. The van der Waals surface area contributed by atoms with Crippen molar-refractivity contribution in [3.8, 4) is 0 Å². The average molecular weight is 439 g/mol. The molecule has 2 aromatic rings. The second kappa shape index (κ2) is 9.97. The molecule has 1 amide bonds. The number of piperidine rings is 2. The number of hydrogen-bond donors (Lipinski definition) is 0. The molecule has 2 aromatic carbocycles. The van der Waals surface area contributed by atoms with Crippen molar-refractivity contribution in [2.75, 3.05) is 32.7 Å². The van der Waals surface area contributed by atoms with Crippen LogP contribution in [-0.4, -0.2) is 54.2 Å². The summed E-state index contributed by atoms with van der Waals surface area (Å²) < 4.78 is 0. The monoisotopic (exact) mass is 438 g/mol. The summed E-state index contributed by atoms with van der Waals surface area (Å²) in [6, 6.07) is 14.0. The lowest BCUT2D eigenvalue weighted by Gasteiger charge is -2.38. The highest BCUT2D eigenvalue weighted by Crippen LogP contribution is 2.24. The van der Waals surface area contributed by atoms with Gasteiger partial charge in [0.25, 0.3) is 5.91 Å². The summed E-state index contributed by atoms with van der Waals surface area (Å²) in [4.78, 5) is 31.0. The van der Waals surface area contributed by atoms with Crippen molar-refractivity contribution in [2.24, 2.45) is 11.8 Å². The van der Waals surface area contributed by atoms with Crippen LogP contribution in [0.25, 0.3) is 0 Å². The van der Waals surface area contributed by atoms with Crippen LogP contribution >= 0.6 is 11.6 Å². The molecule has 0 N–H and O–H groups in total. The van der Waals surface area contributed by atoms with Crippen molar-refractivity contribution in [3.63, 3.8) is 0 Å². The van der Waals surface area contributed by atoms with Gasteiger partial charge in [-0.15, -0.1) is 0 Å². The number of hydrogen-bond acceptors (Lipinski definition) is 3. The lowest BCUT2D eigenvalue weighted by atomic mass is 9.93. The van der Waals surface area contributed by atoms with E-state index in [0.29, 0.717) is 27.6 Å². The first-order valence-corrected chi connectivity index (χ1v) is 11.8. The van der Waals surface area contributed by atoms with Crippen LogP contribution in [0.1, 0.15) is 58.9 Å². The van der Waals surface area contributed by atoms with Gasteiger partial charge >= 0.3 is 0 Å². The predicted molar refractivity (Wildman–Crippen MR) is 125 cm³/mol. The molecule has 1 atom stereocenters. The predicted octanol–water partition coefficient (Wildman–Crippen LogP) is 5.16. The van der Waals surface area contributed by atoms with Crippen molar-refractivity contribution in [1.82, 2.24) is 9.80 Å². The zero-order valence-corrected chi connectivity index (χ0v) is 19.0. The highest BCUT2D eigenvalue weighted by Gasteiger charge is 2.29. The summed E-state index contributed by atoms with van der Waals surface area (Å²) in [5.74, 6) is 1.16. The van der Waals surface area contributed by atoms with E-state index in [2.05, 4.69) is 11.8 Å². The van der Waals surface area contributed by atoms with Gasteiger partial charge in [-0.25, -0.2) is 0 Å². The van der Waals surface area contributed by atoms with E-state index in [1.165, 1.54) is 32.4 Å². The minimum absolute atomic E-state index is 0.0325. The van der Waals surface area contributed by atoms with Crippen LogP contribution in [0, 0.1) is 11.8 Å². The fraction of sp³-hybridized carbons (Fsp3) is 0.462. The van der Waals surface area contributed by atoms with Crippen LogP contribution < -0.4 is 0 Å². The van der Waals surface area contributed by atoms with Gasteiger partial charge < -0.3 is 9.80 Å². The van der Waals surface area contributed by atoms with E-state index in [9.17, 15) is 9.59 Å². The number of likely N-dealkylation sites (tertiary alicyclic amines) is 2. The van der Waals surface area contributed by atoms with E-state index in [0.717, 1.165) is 32.0 Å². The van der Waals surface area contributed by atoms with Crippen molar-refractivity contribution in [2.45, 2.75) is 32.6 Å². The smallest absolute Gasteiger partial charge is 0.254 e. The standard InChI is InChI=1S/C26H31ClN2O2/c1-19-12-15-28(16-13-19)17-20-5-4-14-29(18-20)26(31)24-7-3-2-6-23(24)25(30)21-8-10-22(27)11-9-21/h2-3,6-11,19-20H,4-5,12-18H2,1H3/t20-/m1/s1. The molecule has 0 bridgehead atoms. The molecule has 2 aliphatic rings. The third-order valence-electron chi connectivity index (χ3n) is 6.71. The van der Waals surface area contributed by atoms with E-state index in [1.807, 2.05) is 17.0 Å². The van der Waals surface area contributed by atoms with Crippen LogP contribution in [0.5, 0.6) is 0 Å². The molecule has 0 aliphatic carbocycles. The summed E-state index contributed by atoms with van der Waals surface area (Å²) in [7, 11) is 0. The SMILES string of the molecule is CC1CCN(C[C@H]2CCCN(C(=O)c3ccccc3C(=O)c3ccc(Cl)cc3)C2)CC1. The molecule has 5 heteroatoms. The average Bonchev–Trinajstić information content (AvgIpc) is 2.80. The number of rotatable bonds is 5. The zero-order valence-electron chi connectivity index (χ0n) is 18.2. The Kier molecular flexibility index (Phi) is 7.09. The van der Waals surface area contributed by atoms with Crippen LogP contribution in [0.2, 0.25) is 5.02 Å². The molecule has 0 unspecified atom stereocenters. The van der Waals surface area contributed by atoms with Gasteiger partial charge in [0.2, 0.25) is 0 Å². The molecule has 0 saturated carbocycles. The largest absolute Gasteiger partial charge is 0.338 e. The Bertz CT molecular complexity index is 919. The third kappa shape index (κ3) is 5.36. The number of ketones is 1. The summed E-state index contributed by atoms with van der Waals surface area (Å²) in [6.45, 7) is 7.28. The van der Waals surface area contributed by atoms with E-state index in [1.54, 1.807) is 36.4 Å². The fourth-order valence-corrected chi connectivity index (χ4v) is 4.93. The second-order valence-electron chi connectivity index (χ2n) is 9.12. The van der Waals surface area contributed by atoms with Gasteiger partial charge in [0.1, 0.15) is 0 Å². The van der Waals surface area contributed by atoms with Gasteiger partial charge in [-0.3, -0.25) is 9.59 Å². The molecule has 2 heterocycles. The number of nitrogens with zero attached hydrogens (tertiary/aromatic N) is 2. The Morgan fingerprint density at radius 3 is 2.32 bits per heavy atom. The van der Waals surface area contributed by atoms with E-state index < -0.39 is 0 Å². The first-order chi connectivity index (χ1) is 15.0. The molecule has 2 aliphatic heterocycles. The number of halogens is 1. The van der Waals surface area contributed by atoms with Crippen LogP contribution in [0.4, 0.5) is 0 Å². The van der Waals surface area contributed by atoms with Gasteiger partial charge in [0.05, 0.1) is 5.56 Å². The minimum atomic E-state index is -0.142. The van der Waals surface area contributed by atoms with Gasteiger partial charge in [0.15, 0.2) is 5.78 Å². The zero-order chi connectivity index (χ0) is 21.8. The van der Waals surface area contributed by atoms with E-state index in [-0.39, 0.29) is 11.7 Å². The van der Waals surface area contributed by atoms with Gasteiger partial charge in [-0.1, -0.05) is 36.7 Å². The number of amides is 1. The van der Waals surface area contributed by atoms with Gasteiger partial charge in [-0.05, 0) is 80.9 Å². The molecule has 31 heavy (non-hydrogen) atoms. The summed E-state index contributed by atoms with van der Waals surface area (Å²) in [6.07, 6.45) is 4.74. The molecular formula is C26H31ClN2O2. The van der Waals surface area contributed by atoms with Crippen LogP contribution in [0.15, 0.2) is 48.5 Å². The first-order valence-electron chi connectivity index (χ1n) is 11.4. The molecule has 4 nitrogen and oxygen atoms in total. The Hall–Kier alpha value is -2.17. The van der Waals surface area contributed by atoms with Crippen LogP contribution in [-0.2, 0) is 0 Å². The van der Waals surface area contributed by atoms with Crippen LogP contribution in [0.3, 0.4) is 0 Å². The van der Waals surface area contributed by atoms with Crippen molar-refractivity contribution < 1.29 is 9.59 Å². The summed E-state index contributed by atoms with van der Waals surface area (Å²) >= 11 is 5.96. The normalized spacial score (nSPS) is 20.6. The molecule has 2 fully saturated rings. The van der Waals surface area contributed by atoms with Crippen molar-refractivity contribution in [1.29, 1.82) is 0 Å². The van der Waals surface area contributed by atoms with E-state index in [4.69, 9.17) is 11.6 Å². The Labute approximate surface area is 190 Å². The Morgan fingerprint density at radius 1 is 0.935 bits per heavy atom. The maximum Gasteiger partial charge on any atom is 0.254 e. The number of carbonyl (C=O) groups is 2. The molecule has 2 saturated heterocycles. The third-order valence-corrected chi connectivity index (χ3v) is 6.96. The second-order valence-corrected chi connectivity index (χ2v) is 9.56. The lowest BCUT2D eigenvalue weighted by molar-refractivity contribution is 0.0619. The fourth-order valence-electron chi connectivity index (χ4n) is 4.80. The molecule has 0 radical (unpaired) electrons. The maximum absolute atomic E-state index is 13.4. The summed E-state index contributed by atoms with van der Waals surface area (Å²) in [5, 5.41) is 0.587. The molecular weight excluding hydrogens is 408 g/mol. The first kappa shape index (κ1) is 22.0. The number of carbonyl (C=O) groups excluding carboxylic acids is 2. The molecule has 164 valence electrons. The molecule has 0 spiro atoms. The minimum Gasteiger partial charge on any atom is -0.338 e. The maximum atomic E-state index is 13.4. The summed E-state index contributed by atoms with van der Waals surface area (Å²) in [5.41, 5.74) is 1.50. The lowest BCUT2D eigenvalue weighted by Crippen LogP contribution is -2.45. The van der Waals surface area contributed by atoms with E-state index >= 15 is 0 Å². The van der Waals surface area contributed by atoms with Crippen molar-refractivity contribution >= 4 is 23.3 Å². The quantitative estimate of drug-likeness (QED) is 0.606. The Morgan fingerprint density at radius 2 is 1.61 bits per heavy atom. The topological polar surface area (TPSA) is 40.6 Å². The molecule has 4 rings (SSSR count). The molecule has 0 aromatic heterocycles. The highest BCUT2D eigenvalue weighted by atomic mass is 35.5. The van der Waals surface area contributed by atoms with Gasteiger partial charge in [0, 0.05) is 35.8 Å². The Balaban J connectivity index is 1.46. The van der Waals surface area contributed by atoms with Gasteiger partial charge in [-0.2, -0.15) is 0 Å². The highest BCUT2D eigenvalue weighted by molar-refractivity contribution is 6.30. The van der Waals surface area contributed by atoms with Crippen molar-refractivity contribution in [3.05, 3.63) is 70.2 Å².